The highest BCUT2D eigenvalue weighted by molar-refractivity contribution is 7.99. The summed E-state index contributed by atoms with van der Waals surface area (Å²) >= 11 is 1.46. The van der Waals surface area contributed by atoms with Gasteiger partial charge in [0.15, 0.2) is 6.29 Å². The van der Waals surface area contributed by atoms with Gasteiger partial charge in [-0.25, -0.2) is 0 Å². The second-order valence-corrected chi connectivity index (χ2v) is 12.0. The van der Waals surface area contributed by atoms with Gasteiger partial charge < -0.3 is 30.3 Å². The molecule has 1 aromatic heterocycles. The SMILES string of the molecule is CC(=O)NCCCCCC(=O)Nc1cccc([C@H]2O[C@@H](CSc3nnnn3-c3ccc(O)cc3)C[C@@H](c3ccc(CO)cc3)O2)c1. The Morgan fingerprint density at radius 1 is 1.00 bits per heavy atom. The lowest BCUT2D eigenvalue weighted by atomic mass is 10.0. The first-order chi connectivity index (χ1) is 22.4. The number of hydrogen-bond donors (Lipinski definition) is 4. The number of carbonyl (C=O) groups is 2. The summed E-state index contributed by atoms with van der Waals surface area (Å²) < 4.78 is 14.6. The molecule has 2 amide bonds. The minimum absolute atomic E-state index is 0.0395. The number of phenols is 1. The molecule has 1 aliphatic heterocycles. The van der Waals surface area contributed by atoms with Crippen LogP contribution in [0.4, 0.5) is 5.69 Å². The molecular weight excluding hydrogens is 608 g/mol. The Labute approximate surface area is 271 Å². The molecule has 1 aliphatic rings. The maximum Gasteiger partial charge on any atom is 0.224 e. The first kappa shape index (κ1) is 33.1. The summed E-state index contributed by atoms with van der Waals surface area (Å²) in [4.78, 5) is 23.6. The Kier molecular flexibility index (Phi) is 11.7. The Bertz CT molecular complexity index is 1580. The van der Waals surface area contributed by atoms with Crippen molar-refractivity contribution in [2.24, 2.45) is 0 Å². The van der Waals surface area contributed by atoms with Gasteiger partial charge in [-0.15, -0.1) is 5.10 Å². The van der Waals surface area contributed by atoms with Crippen molar-refractivity contribution < 1.29 is 29.3 Å². The number of aliphatic hydroxyl groups is 1. The maximum absolute atomic E-state index is 12.6. The molecule has 2 heterocycles. The first-order valence-electron chi connectivity index (χ1n) is 15.2. The summed E-state index contributed by atoms with van der Waals surface area (Å²) in [5, 5.41) is 37.6. The lowest BCUT2D eigenvalue weighted by Crippen LogP contribution is -2.31. The van der Waals surface area contributed by atoms with E-state index in [1.54, 1.807) is 28.9 Å². The van der Waals surface area contributed by atoms with Crippen LogP contribution in [0, 0.1) is 0 Å². The molecule has 0 radical (unpaired) electrons. The van der Waals surface area contributed by atoms with Gasteiger partial charge in [0.25, 0.3) is 0 Å². The summed E-state index contributed by atoms with van der Waals surface area (Å²) in [6.07, 6.45) is 2.17. The summed E-state index contributed by atoms with van der Waals surface area (Å²) in [7, 11) is 0. The van der Waals surface area contributed by atoms with E-state index >= 15 is 0 Å². The summed E-state index contributed by atoms with van der Waals surface area (Å²) in [6.45, 7) is 2.07. The molecule has 0 spiro atoms. The number of hydrogen-bond acceptors (Lipinski definition) is 10. The highest BCUT2D eigenvalue weighted by Gasteiger charge is 2.33. The minimum atomic E-state index is -0.694. The van der Waals surface area contributed by atoms with Crippen LogP contribution in [-0.4, -0.2) is 60.6 Å². The number of tetrazole rings is 1. The van der Waals surface area contributed by atoms with Crippen LogP contribution in [0.2, 0.25) is 0 Å². The van der Waals surface area contributed by atoms with Gasteiger partial charge >= 0.3 is 0 Å². The fourth-order valence-corrected chi connectivity index (χ4v) is 5.96. The number of ether oxygens (including phenoxy) is 2. The molecule has 4 aromatic rings. The third kappa shape index (κ3) is 9.36. The van der Waals surface area contributed by atoms with Crippen LogP contribution in [0.3, 0.4) is 0 Å². The van der Waals surface area contributed by atoms with Crippen LogP contribution in [0.5, 0.6) is 5.75 Å². The number of aromatic nitrogens is 4. The summed E-state index contributed by atoms with van der Waals surface area (Å²) in [5.74, 6) is 0.572. The molecular formula is C33H38N6O6S. The largest absolute Gasteiger partial charge is 0.508 e. The number of thioether (sulfide) groups is 1. The van der Waals surface area contributed by atoms with Crippen molar-refractivity contribution in [1.29, 1.82) is 0 Å². The second kappa shape index (κ2) is 16.3. The van der Waals surface area contributed by atoms with E-state index in [2.05, 4.69) is 26.2 Å². The van der Waals surface area contributed by atoms with Crippen LogP contribution in [0.1, 0.15) is 68.1 Å². The number of phenolic OH excluding ortho intramolecular Hbond substituents is 1. The highest BCUT2D eigenvalue weighted by atomic mass is 32.2. The van der Waals surface area contributed by atoms with Gasteiger partial charge in [0, 0.05) is 43.3 Å². The lowest BCUT2D eigenvalue weighted by Gasteiger charge is -2.36. The van der Waals surface area contributed by atoms with E-state index in [1.165, 1.54) is 18.7 Å². The van der Waals surface area contributed by atoms with Crippen molar-refractivity contribution >= 4 is 29.3 Å². The number of anilines is 1. The number of carbonyl (C=O) groups excluding carboxylic acids is 2. The zero-order valence-electron chi connectivity index (χ0n) is 25.5. The Hall–Kier alpha value is -4.30. The number of nitrogens with one attached hydrogen (secondary N) is 2. The van der Waals surface area contributed by atoms with Gasteiger partial charge in [-0.05, 0) is 70.8 Å². The number of aliphatic hydroxyl groups excluding tert-OH is 1. The fraction of sp³-hybridized carbons (Fsp3) is 0.364. The molecule has 5 rings (SSSR count). The standard InChI is InChI=1S/C33H38N6O6S/c1-22(41)34-17-4-2-3-8-31(43)35-26-7-5-6-25(18-26)32-44-29(19-30(45-32)24-11-9-23(20-40)10-12-24)21-46-33-36-37-38-39(33)27-13-15-28(42)16-14-27/h5-7,9-16,18,29-30,32,40,42H,2-4,8,17,19-21H2,1H3,(H,34,41)(H,35,43)/t29-,30+,32+/m1/s1. The number of benzene rings is 3. The van der Waals surface area contributed by atoms with E-state index in [0.717, 1.165) is 41.6 Å². The van der Waals surface area contributed by atoms with Gasteiger partial charge in [-0.1, -0.05) is 54.6 Å². The van der Waals surface area contributed by atoms with E-state index in [1.807, 2.05) is 48.5 Å². The van der Waals surface area contributed by atoms with Crippen molar-refractivity contribution in [2.75, 3.05) is 17.6 Å². The zero-order valence-corrected chi connectivity index (χ0v) is 26.4. The molecule has 13 heteroatoms. The average Bonchev–Trinajstić information content (AvgIpc) is 3.54. The van der Waals surface area contributed by atoms with Crippen LogP contribution in [-0.2, 0) is 25.7 Å². The van der Waals surface area contributed by atoms with Gasteiger partial charge in [-0.3, -0.25) is 9.59 Å². The Balaban J connectivity index is 1.26. The Morgan fingerprint density at radius 2 is 1.80 bits per heavy atom. The van der Waals surface area contributed by atoms with Crippen molar-refractivity contribution in [1.82, 2.24) is 25.5 Å². The molecule has 3 aromatic carbocycles. The molecule has 46 heavy (non-hydrogen) atoms. The van der Waals surface area contributed by atoms with Gasteiger partial charge in [0.1, 0.15) is 5.75 Å². The molecule has 1 saturated heterocycles. The molecule has 4 N–H and O–H groups in total. The fourth-order valence-electron chi connectivity index (χ4n) is 5.05. The molecule has 242 valence electrons. The second-order valence-electron chi connectivity index (χ2n) is 11.0. The van der Waals surface area contributed by atoms with Gasteiger partial charge in [0.05, 0.1) is 24.5 Å². The van der Waals surface area contributed by atoms with Crippen LogP contribution >= 0.6 is 11.8 Å². The van der Waals surface area contributed by atoms with E-state index in [4.69, 9.17) is 9.47 Å². The first-order valence-corrected chi connectivity index (χ1v) is 16.2. The van der Waals surface area contributed by atoms with Gasteiger partial charge in [0.2, 0.25) is 17.0 Å². The molecule has 3 atom stereocenters. The van der Waals surface area contributed by atoms with Crippen LogP contribution in [0.25, 0.3) is 5.69 Å². The molecule has 0 unspecified atom stereocenters. The summed E-state index contributed by atoms with van der Waals surface area (Å²) in [6, 6.07) is 21.8. The van der Waals surface area contributed by atoms with Crippen molar-refractivity contribution in [3.63, 3.8) is 0 Å². The third-order valence-electron chi connectivity index (χ3n) is 7.45. The molecule has 12 nitrogen and oxygen atoms in total. The van der Waals surface area contributed by atoms with E-state index < -0.39 is 6.29 Å². The number of amides is 2. The average molecular weight is 647 g/mol. The van der Waals surface area contributed by atoms with Crippen LogP contribution in [0.15, 0.2) is 78.0 Å². The lowest BCUT2D eigenvalue weighted by molar-refractivity contribution is -0.245. The molecule has 0 bridgehead atoms. The summed E-state index contributed by atoms with van der Waals surface area (Å²) in [5.41, 5.74) is 3.94. The van der Waals surface area contributed by atoms with E-state index in [9.17, 15) is 19.8 Å². The van der Waals surface area contributed by atoms with E-state index in [0.29, 0.717) is 36.0 Å². The quantitative estimate of drug-likeness (QED) is 0.110. The predicted molar refractivity (Wildman–Crippen MR) is 172 cm³/mol. The van der Waals surface area contributed by atoms with Gasteiger partial charge in [-0.2, -0.15) is 4.68 Å². The van der Waals surface area contributed by atoms with Crippen LogP contribution < -0.4 is 10.6 Å². The molecule has 0 saturated carbocycles. The van der Waals surface area contributed by atoms with Crippen molar-refractivity contribution in [3.05, 3.63) is 89.5 Å². The topological polar surface area (TPSA) is 161 Å². The Morgan fingerprint density at radius 3 is 2.57 bits per heavy atom. The zero-order chi connectivity index (χ0) is 32.3. The van der Waals surface area contributed by atoms with Crippen molar-refractivity contribution in [2.45, 2.75) is 69.3 Å². The maximum atomic E-state index is 12.6. The third-order valence-corrected chi connectivity index (χ3v) is 8.50. The number of nitrogens with zero attached hydrogens (tertiary/aromatic N) is 4. The smallest absolute Gasteiger partial charge is 0.224 e. The van der Waals surface area contributed by atoms with E-state index in [-0.39, 0.29) is 36.4 Å². The number of unbranched alkanes of at least 4 members (excludes halogenated alkanes) is 2. The highest BCUT2D eigenvalue weighted by Crippen LogP contribution is 2.40. The predicted octanol–water partition coefficient (Wildman–Crippen LogP) is 4.83. The normalized spacial score (nSPS) is 17.8. The minimum Gasteiger partial charge on any atom is -0.508 e. The number of rotatable bonds is 14. The monoisotopic (exact) mass is 646 g/mol. The number of aromatic hydroxyl groups is 1. The van der Waals surface area contributed by atoms with Crippen molar-refractivity contribution in [3.8, 4) is 11.4 Å². The molecule has 1 fully saturated rings. The molecule has 0 aliphatic carbocycles.